The van der Waals surface area contributed by atoms with Crippen molar-refractivity contribution < 1.29 is 9.13 Å². The first-order valence-electron chi connectivity index (χ1n) is 8.22. The molecule has 2 aromatic rings. The molecule has 0 radical (unpaired) electrons. The quantitative estimate of drug-likeness (QED) is 0.381. The maximum Gasteiger partial charge on any atom is 0.165 e. The fourth-order valence-corrected chi connectivity index (χ4v) is 2.31. The summed E-state index contributed by atoms with van der Waals surface area (Å²) >= 11 is 0. The average Bonchev–Trinajstić information content (AvgIpc) is 2.60. The molecule has 0 bridgehead atoms. The largest absolute Gasteiger partial charge is 0.494 e. The van der Waals surface area contributed by atoms with Crippen LogP contribution in [0.5, 0.6) is 5.75 Å². The van der Waals surface area contributed by atoms with Gasteiger partial charge in [0.15, 0.2) is 11.6 Å². The first-order chi connectivity index (χ1) is 11.7. The average molecular weight is 326 g/mol. The van der Waals surface area contributed by atoms with Crippen molar-refractivity contribution in [2.75, 3.05) is 7.11 Å². The molecular weight excluding hydrogens is 303 g/mol. The van der Waals surface area contributed by atoms with Crippen molar-refractivity contribution in [1.82, 2.24) is 0 Å². The smallest absolute Gasteiger partial charge is 0.165 e. The Bertz CT molecular complexity index is 693. The van der Waals surface area contributed by atoms with Gasteiger partial charge < -0.3 is 4.74 Å². The summed E-state index contributed by atoms with van der Waals surface area (Å²) in [5, 5.41) is 7.96. The van der Waals surface area contributed by atoms with E-state index in [1.54, 1.807) is 18.3 Å². The van der Waals surface area contributed by atoms with Gasteiger partial charge in [-0.3, -0.25) is 0 Å². The standard InChI is InChI=1S/C20H23FN2O/c1-3-4-5-6-16-7-9-17(10-8-16)14-22-23-15-18-11-12-20(24-2)19(21)13-18/h7-15H,3-6H2,1-2H3. The summed E-state index contributed by atoms with van der Waals surface area (Å²) in [6.07, 6.45) is 8.05. The van der Waals surface area contributed by atoms with Gasteiger partial charge in [-0.15, -0.1) is 0 Å². The number of aryl methyl sites for hydroxylation is 1. The Labute approximate surface area is 142 Å². The lowest BCUT2D eigenvalue weighted by molar-refractivity contribution is 0.386. The zero-order valence-electron chi connectivity index (χ0n) is 14.2. The second-order valence-electron chi connectivity index (χ2n) is 5.58. The lowest BCUT2D eigenvalue weighted by Gasteiger charge is -2.01. The molecule has 24 heavy (non-hydrogen) atoms. The molecule has 0 aliphatic carbocycles. The van der Waals surface area contributed by atoms with Gasteiger partial charge in [0.25, 0.3) is 0 Å². The monoisotopic (exact) mass is 326 g/mol. The van der Waals surface area contributed by atoms with E-state index in [-0.39, 0.29) is 5.75 Å². The fraction of sp³-hybridized carbons (Fsp3) is 0.300. The minimum Gasteiger partial charge on any atom is -0.494 e. The normalized spacial score (nSPS) is 11.5. The Morgan fingerprint density at radius 2 is 1.62 bits per heavy atom. The lowest BCUT2D eigenvalue weighted by Crippen LogP contribution is -1.90. The maximum atomic E-state index is 13.5. The highest BCUT2D eigenvalue weighted by Gasteiger charge is 2.01. The van der Waals surface area contributed by atoms with Gasteiger partial charge in [-0.2, -0.15) is 10.2 Å². The summed E-state index contributed by atoms with van der Waals surface area (Å²) < 4.78 is 18.4. The van der Waals surface area contributed by atoms with Gasteiger partial charge in [-0.25, -0.2) is 4.39 Å². The molecule has 0 amide bonds. The van der Waals surface area contributed by atoms with Crippen molar-refractivity contribution in [2.45, 2.75) is 32.6 Å². The Morgan fingerprint density at radius 3 is 2.25 bits per heavy atom. The van der Waals surface area contributed by atoms with Crippen molar-refractivity contribution in [3.8, 4) is 5.75 Å². The van der Waals surface area contributed by atoms with Gasteiger partial charge in [-0.1, -0.05) is 44.0 Å². The van der Waals surface area contributed by atoms with Crippen LogP contribution in [0.15, 0.2) is 52.7 Å². The zero-order chi connectivity index (χ0) is 17.2. The summed E-state index contributed by atoms with van der Waals surface area (Å²) in [6.45, 7) is 2.21. The van der Waals surface area contributed by atoms with Crippen molar-refractivity contribution in [3.05, 3.63) is 65.0 Å². The number of nitrogens with zero attached hydrogens (tertiary/aromatic N) is 2. The maximum absolute atomic E-state index is 13.5. The predicted molar refractivity (Wildman–Crippen MR) is 97.8 cm³/mol. The number of ether oxygens (including phenoxy) is 1. The van der Waals surface area contributed by atoms with Crippen LogP contribution < -0.4 is 4.74 Å². The molecule has 0 atom stereocenters. The van der Waals surface area contributed by atoms with Crippen molar-refractivity contribution in [3.63, 3.8) is 0 Å². The Kier molecular flexibility index (Phi) is 7.15. The molecule has 0 unspecified atom stereocenters. The SMILES string of the molecule is CCCCCc1ccc(C=NN=Cc2ccc(OC)c(F)c2)cc1. The van der Waals surface area contributed by atoms with Crippen LogP contribution in [0.4, 0.5) is 4.39 Å². The van der Waals surface area contributed by atoms with Crippen LogP contribution in [0.1, 0.15) is 42.9 Å². The molecule has 3 nitrogen and oxygen atoms in total. The number of halogens is 1. The van der Waals surface area contributed by atoms with E-state index < -0.39 is 5.82 Å². The van der Waals surface area contributed by atoms with E-state index in [2.05, 4.69) is 29.3 Å². The number of hydrogen-bond donors (Lipinski definition) is 0. The van der Waals surface area contributed by atoms with Crippen molar-refractivity contribution in [1.29, 1.82) is 0 Å². The fourth-order valence-electron chi connectivity index (χ4n) is 2.31. The third-order valence-electron chi connectivity index (χ3n) is 3.70. The van der Waals surface area contributed by atoms with Crippen LogP contribution in [-0.2, 0) is 6.42 Å². The highest BCUT2D eigenvalue weighted by molar-refractivity contribution is 5.82. The van der Waals surface area contributed by atoms with E-state index in [0.717, 1.165) is 12.0 Å². The highest BCUT2D eigenvalue weighted by atomic mass is 19.1. The minimum absolute atomic E-state index is 0.217. The Balaban J connectivity index is 1.90. The van der Waals surface area contributed by atoms with E-state index in [9.17, 15) is 4.39 Å². The molecular formula is C20H23FN2O. The van der Waals surface area contributed by atoms with Gasteiger partial charge in [0, 0.05) is 0 Å². The number of unbranched alkanes of at least 4 members (excludes halogenated alkanes) is 2. The van der Waals surface area contributed by atoms with Gasteiger partial charge in [0.2, 0.25) is 0 Å². The molecule has 2 rings (SSSR count). The van der Waals surface area contributed by atoms with Crippen LogP contribution >= 0.6 is 0 Å². The molecule has 0 saturated carbocycles. The zero-order valence-corrected chi connectivity index (χ0v) is 14.2. The van der Waals surface area contributed by atoms with Crippen LogP contribution in [0.3, 0.4) is 0 Å². The van der Waals surface area contributed by atoms with E-state index in [0.29, 0.717) is 5.56 Å². The summed E-state index contributed by atoms with van der Waals surface area (Å²) in [5.41, 5.74) is 2.97. The van der Waals surface area contributed by atoms with E-state index >= 15 is 0 Å². The number of methoxy groups -OCH3 is 1. The highest BCUT2D eigenvalue weighted by Crippen LogP contribution is 2.16. The van der Waals surface area contributed by atoms with Gasteiger partial charge in [0.05, 0.1) is 19.5 Å². The first-order valence-corrected chi connectivity index (χ1v) is 8.22. The molecule has 0 spiro atoms. The van der Waals surface area contributed by atoms with Gasteiger partial charge in [-0.05, 0) is 47.7 Å². The Morgan fingerprint density at radius 1 is 0.958 bits per heavy atom. The van der Waals surface area contributed by atoms with E-state index in [1.165, 1.54) is 44.2 Å². The number of hydrogen-bond acceptors (Lipinski definition) is 3. The van der Waals surface area contributed by atoms with E-state index in [1.807, 2.05) is 12.1 Å². The molecule has 0 aromatic heterocycles. The molecule has 0 aliphatic heterocycles. The molecule has 126 valence electrons. The molecule has 0 heterocycles. The van der Waals surface area contributed by atoms with E-state index in [4.69, 9.17) is 4.74 Å². The topological polar surface area (TPSA) is 34.0 Å². The first kappa shape index (κ1) is 17.9. The van der Waals surface area contributed by atoms with Gasteiger partial charge >= 0.3 is 0 Å². The minimum atomic E-state index is -0.413. The van der Waals surface area contributed by atoms with Crippen LogP contribution in [0, 0.1) is 5.82 Å². The Hall–Kier alpha value is -2.49. The molecule has 0 aliphatic rings. The summed E-state index contributed by atoms with van der Waals surface area (Å²) in [6, 6.07) is 13.0. The second kappa shape index (κ2) is 9.60. The van der Waals surface area contributed by atoms with Crippen LogP contribution in [0.2, 0.25) is 0 Å². The van der Waals surface area contributed by atoms with Crippen molar-refractivity contribution >= 4 is 12.4 Å². The summed E-state index contributed by atoms with van der Waals surface area (Å²) in [7, 11) is 1.44. The predicted octanol–water partition coefficient (Wildman–Crippen LogP) is 5.02. The molecule has 4 heteroatoms. The number of benzene rings is 2. The molecule has 0 saturated heterocycles. The third kappa shape index (κ3) is 5.61. The second-order valence-corrected chi connectivity index (χ2v) is 5.58. The molecule has 2 aromatic carbocycles. The summed E-state index contributed by atoms with van der Waals surface area (Å²) in [4.78, 5) is 0. The van der Waals surface area contributed by atoms with Crippen LogP contribution in [0.25, 0.3) is 0 Å². The summed E-state index contributed by atoms with van der Waals surface area (Å²) in [5.74, 6) is -0.196. The van der Waals surface area contributed by atoms with Crippen LogP contribution in [-0.4, -0.2) is 19.5 Å². The molecule has 0 fully saturated rings. The van der Waals surface area contributed by atoms with Gasteiger partial charge in [0.1, 0.15) is 0 Å². The lowest BCUT2D eigenvalue weighted by atomic mass is 10.1. The third-order valence-corrected chi connectivity index (χ3v) is 3.70. The van der Waals surface area contributed by atoms with Crippen molar-refractivity contribution in [2.24, 2.45) is 10.2 Å². The number of rotatable bonds is 8. The molecule has 0 N–H and O–H groups in total.